The molecule has 41 heavy (non-hydrogen) atoms. The normalized spacial score (nSPS) is 19.0. The van der Waals surface area contributed by atoms with Crippen molar-refractivity contribution in [3.05, 3.63) is 83.2 Å². The smallest absolute Gasteiger partial charge is 0.252 e. The monoisotopic (exact) mass is 554 g/mol. The van der Waals surface area contributed by atoms with Crippen LogP contribution in [0.2, 0.25) is 0 Å². The summed E-state index contributed by atoms with van der Waals surface area (Å²) in [5.74, 6) is 1.79. The number of aromatic nitrogens is 1. The minimum absolute atomic E-state index is 0.0337. The first-order valence-corrected chi connectivity index (χ1v) is 14.4. The van der Waals surface area contributed by atoms with E-state index in [0.717, 1.165) is 36.1 Å². The van der Waals surface area contributed by atoms with Crippen LogP contribution in [0.4, 0.5) is 0 Å². The van der Waals surface area contributed by atoms with E-state index in [1.54, 1.807) is 12.3 Å². The second-order valence-electron chi connectivity index (χ2n) is 10.7. The number of nitrogens with one attached hydrogen (secondary N) is 1. The summed E-state index contributed by atoms with van der Waals surface area (Å²) in [6, 6.07) is 15.2. The van der Waals surface area contributed by atoms with Gasteiger partial charge in [0.05, 0.1) is 24.4 Å². The molecule has 1 atom stereocenters. The second-order valence-corrected chi connectivity index (χ2v) is 10.7. The molecule has 212 valence electrons. The topological polar surface area (TPSA) is 101 Å². The summed E-state index contributed by atoms with van der Waals surface area (Å²) < 4.78 is 12.2. The van der Waals surface area contributed by atoms with Crippen LogP contribution in [0, 0.1) is 0 Å². The average molecular weight is 555 g/mol. The van der Waals surface area contributed by atoms with Gasteiger partial charge >= 0.3 is 0 Å². The third kappa shape index (κ3) is 6.04. The number of amides is 3. The number of fused-ring (bicyclic) bond motifs is 6. The molecule has 0 spiro atoms. The fourth-order valence-corrected chi connectivity index (χ4v) is 5.84. The number of hydrogen-bond acceptors (Lipinski definition) is 6. The van der Waals surface area contributed by atoms with Gasteiger partial charge < -0.3 is 24.6 Å². The first-order chi connectivity index (χ1) is 20.0. The van der Waals surface area contributed by atoms with Gasteiger partial charge in [-0.3, -0.25) is 19.4 Å². The fourth-order valence-electron chi connectivity index (χ4n) is 5.84. The maximum atomic E-state index is 13.7. The van der Waals surface area contributed by atoms with Crippen molar-refractivity contribution in [2.24, 2.45) is 0 Å². The molecule has 2 aromatic carbocycles. The van der Waals surface area contributed by atoms with Gasteiger partial charge in [0.2, 0.25) is 11.8 Å². The van der Waals surface area contributed by atoms with E-state index >= 15 is 0 Å². The number of ether oxygens (including phenoxy) is 2. The van der Waals surface area contributed by atoms with E-state index in [1.165, 1.54) is 6.20 Å². The molecule has 1 fully saturated rings. The molecule has 3 aromatic rings. The lowest BCUT2D eigenvalue weighted by Crippen LogP contribution is -2.43. The highest BCUT2D eigenvalue weighted by molar-refractivity contribution is 5.94. The molecule has 4 aliphatic heterocycles. The van der Waals surface area contributed by atoms with Crippen molar-refractivity contribution in [3.8, 4) is 17.2 Å². The van der Waals surface area contributed by atoms with Gasteiger partial charge in [-0.2, -0.15) is 0 Å². The number of pyridine rings is 1. The van der Waals surface area contributed by atoms with Crippen molar-refractivity contribution in [1.82, 2.24) is 20.1 Å². The van der Waals surface area contributed by atoms with Gasteiger partial charge in [0.1, 0.15) is 17.2 Å². The Kier molecular flexibility index (Phi) is 7.84. The van der Waals surface area contributed by atoms with Crippen molar-refractivity contribution in [2.45, 2.75) is 44.6 Å². The lowest BCUT2D eigenvalue weighted by molar-refractivity contribution is -0.136. The Hall–Kier alpha value is -4.40. The number of hydrogen-bond donors (Lipinski definition) is 1. The first kappa shape index (κ1) is 26.8. The van der Waals surface area contributed by atoms with E-state index in [9.17, 15) is 14.4 Å². The average Bonchev–Trinajstić information content (AvgIpc) is 2.99. The lowest BCUT2D eigenvalue weighted by atomic mass is 9.87. The van der Waals surface area contributed by atoms with E-state index in [-0.39, 0.29) is 23.8 Å². The Morgan fingerprint density at radius 1 is 0.951 bits per heavy atom. The predicted octanol–water partition coefficient (Wildman–Crippen LogP) is 4.26. The quantitative estimate of drug-likeness (QED) is 0.519. The van der Waals surface area contributed by atoms with Crippen LogP contribution in [0.25, 0.3) is 0 Å². The van der Waals surface area contributed by atoms with Crippen molar-refractivity contribution in [2.75, 3.05) is 32.8 Å². The number of benzene rings is 2. The summed E-state index contributed by atoms with van der Waals surface area (Å²) in [7, 11) is 0. The zero-order valence-electron chi connectivity index (χ0n) is 23.0. The van der Waals surface area contributed by atoms with Crippen LogP contribution in [0.5, 0.6) is 17.2 Å². The molecular weight excluding hydrogens is 520 g/mol. The van der Waals surface area contributed by atoms with Crippen molar-refractivity contribution in [3.63, 3.8) is 0 Å². The number of piperidine rings is 1. The molecule has 7 rings (SSSR count). The highest BCUT2D eigenvalue weighted by Gasteiger charge is 2.33. The van der Waals surface area contributed by atoms with Crippen LogP contribution >= 0.6 is 0 Å². The highest BCUT2D eigenvalue weighted by atomic mass is 16.5. The van der Waals surface area contributed by atoms with Gasteiger partial charge in [0, 0.05) is 45.2 Å². The van der Waals surface area contributed by atoms with Crippen LogP contribution in [0.1, 0.15) is 65.2 Å². The molecule has 9 heteroatoms. The number of likely N-dealkylation sites (tertiary alicyclic amines) is 1. The number of carbonyl (C=O) groups is 3. The van der Waals surface area contributed by atoms with Crippen molar-refractivity contribution < 1.29 is 23.9 Å². The van der Waals surface area contributed by atoms with Crippen LogP contribution < -0.4 is 14.8 Å². The molecule has 0 saturated carbocycles. The third-order valence-corrected chi connectivity index (χ3v) is 7.94. The van der Waals surface area contributed by atoms with Gasteiger partial charge in [-0.25, -0.2) is 0 Å². The Bertz CT molecular complexity index is 1460. The molecule has 1 aromatic heterocycles. The molecule has 0 radical (unpaired) electrons. The van der Waals surface area contributed by atoms with Crippen LogP contribution in [-0.2, 0) is 16.0 Å². The lowest BCUT2D eigenvalue weighted by Gasteiger charge is -2.38. The summed E-state index contributed by atoms with van der Waals surface area (Å²) in [6.45, 7) is 2.62. The minimum atomic E-state index is -0.288. The largest absolute Gasteiger partial charge is 0.494 e. The molecule has 5 heterocycles. The molecule has 1 N–H and O–H groups in total. The van der Waals surface area contributed by atoms with Crippen LogP contribution in [0.15, 0.2) is 60.9 Å². The summed E-state index contributed by atoms with van der Waals surface area (Å²) in [5.41, 5.74) is 3.52. The minimum Gasteiger partial charge on any atom is -0.494 e. The molecule has 3 amide bonds. The Labute approximate surface area is 239 Å². The molecule has 9 nitrogen and oxygen atoms in total. The summed E-state index contributed by atoms with van der Waals surface area (Å²) in [4.78, 5) is 46.6. The maximum Gasteiger partial charge on any atom is 0.252 e. The number of nitrogens with zero attached hydrogens (tertiary/aromatic N) is 3. The standard InChI is InChI=1S/C32H34N4O5/c37-29-7-1-2-13-35(29)14-11-30(38)36-15-10-22-17-26-8-9-28(22)31(36)23-5-3-6-25(18-23)40-16-4-12-34-32(39)24-19-27(41-26)21-33-20-24/h3,5-6,8-9,17-21,31H,1-2,4,7,10-16H2,(H,34,39). The number of rotatable bonds is 3. The van der Waals surface area contributed by atoms with Gasteiger partial charge in [-0.1, -0.05) is 18.2 Å². The highest BCUT2D eigenvalue weighted by Crippen LogP contribution is 2.39. The van der Waals surface area contributed by atoms with Crippen LogP contribution in [-0.4, -0.2) is 65.3 Å². The van der Waals surface area contributed by atoms with Gasteiger partial charge in [-0.05, 0) is 72.7 Å². The second kappa shape index (κ2) is 12.0. The van der Waals surface area contributed by atoms with Gasteiger partial charge in [0.15, 0.2) is 0 Å². The van der Waals surface area contributed by atoms with Gasteiger partial charge in [0.25, 0.3) is 5.91 Å². The molecular formula is C32H34N4O5. The molecule has 0 aliphatic carbocycles. The van der Waals surface area contributed by atoms with E-state index in [2.05, 4.69) is 10.3 Å². The zero-order valence-corrected chi connectivity index (χ0v) is 23.0. The third-order valence-electron chi connectivity index (χ3n) is 7.94. The maximum absolute atomic E-state index is 13.7. The summed E-state index contributed by atoms with van der Waals surface area (Å²) >= 11 is 0. The fraction of sp³-hybridized carbons (Fsp3) is 0.375. The number of carbonyl (C=O) groups excluding carboxylic acids is 3. The van der Waals surface area contributed by atoms with Crippen molar-refractivity contribution >= 4 is 17.7 Å². The Morgan fingerprint density at radius 2 is 1.88 bits per heavy atom. The van der Waals surface area contributed by atoms with E-state index in [0.29, 0.717) is 74.7 Å². The van der Waals surface area contributed by atoms with Gasteiger partial charge in [-0.15, -0.1) is 0 Å². The van der Waals surface area contributed by atoms with E-state index in [1.807, 2.05) is 52.3 Å². The SMILES string of the molecule is O=C1NCCCOc2cccc(c2)C2c3ccc(cc3CCN2C(=O)CCN2CCCCC2=O)Oc2cncc1c2. The van der Waals surface area contributed by atoms with Crippen LogP contribution in [0.3, 0.4) is 0 Å². The zero-order chi connectivity index (χ0) is 28.2. The molecule has 1 saturated heterocycles. The molecule has 8 bridgehead atoms. The van der Waals surface area contributed by atoms with E-state index in [4.69, 9.17) is 9.47 Å². The van der Waals surface area contributed by atoms with Crippen molar-refractivity contribution in [1.29, 1.82) is 0 Å². The Morgan fingerprint density at radius 3 is 2.78 bits per heavy atom. The van der Waals surface area contributed by atoms with E-state index < -0.39 is 0 Å². The molecule has 4 aliphatic rings. The summed E-state index contributed by atoms with van der Waals surface area (Å²) in [5, 5.41) is 2.91. The predicted molar refractivity (Wildman–Crippen MR) is 152 cm³/mol. The summed E-state index contributed by atoms with van der Waals surface area (Å²) in [6.07, 6.45) is 7.19. The Balaban J connectivity index is 1.33. The molecule has 1 unspecified atom stereocenters. The first-order valence-electron chi connectivity index (χ1n) is 14.4.